The molecule has 1 rings (SSSR count). The Bertz CT molecular complexity index is 310. The van der Waals surface area contributed by atoms with Crippen molar-refractivity contribution in [2.45, 2.75) is 26.7 Å². The van der Waals surface area contributed by atoms with E-state index in [9.17, 15) is 4.79 Å². The number of carbonyl (C=O) groups is 1. The molecule has 0 aliphatic heterocycles. The number of nitrogens with one attached hydrogen (secondary N) is 1. The number of rotatable bonds is 2. The average molecular weight is 179 g/mol. The molecule has 2 heteroatoms. The highest BCUT2D eigenvalue weighted by molar-refractivity contribution is 5.88. The van der Waals surface area contributed by atoms with Crippen molar-refractivity contribution in [1.82, 2.24) is 0 Å². The van der Waals surface area contributed by atoms with Crippen molar-refractivity contribution in [3.63, 3.8) is 0 Å². The molecule has 0 fully saturated rings. The van der Waals surface area contributed by atoms with Crippen LogP contribution in [-0.4, -0.2) is 5.91 Å². The van der Waals surface area contributed by atoms with Crippen LogP contribution < -0.4 is 5.32 Å². The first kappa shape index (κ1) is 9.78. The largest absolute Gasteiger partial charge is 0.326 e. The summed E-state index contributed by atoms with van der Waals surface area (Å²) >= 11 is 0. The first-order valence-electron chi connectivity index (χ1n) is 4.47. The van der Waals surface area contributed by atoms with Gasteiger partial charge in [0.05, 0.1) is 0 Å². The van der Waals surface area contributed by atoms with Gasteiger partial charge in [0.1, 0.15) is 0 Å². The van der Waals surface area contributed by atoms with Crippen molar-refractivity contribution < 1.29 is 6.22 Å². The van der Waals surface area contributed by atoms with Gasteiger partial charge >= 0.3 is 0 Å². The maximum atomic E-state index is 10.8. The molecule has 72 valence electrons. The molecule has 13 heavy (non-hydrogen) atoms. The van der Waals surface area contributed by atoms with Gasteiger partial charge in [0, 0.05) is 14.0 Å². The van der Waals surface area contributed by atoms with Crippen molar-refractivity contribution in [1.29, 1.82) is 0 Å². The van der Waals surface area contributed by atoms with Crippen LogP contribution in [-0.2, 0) is 4.79 Å². The molecule has 0 spiro atoms. The number of carbonyl (C=O) groups excluding carboxylic acids is 1. The van der Waals surface area contributed by atoms with Gasteiger partial charge < -0.3 is 5.32 Å². The van der Waals surface area contributed by atoms with Crippen molar-refractivity contribution >= 4 is 11.6 Å². The number of benzene rings is 1. The van der Waals surface area contributed by atoms with Crippen LogP contribution in [0.1, 0.15) is 33.7 Å². The van der Waals surface area contributed by atoms with Gasteiger partial charge in [0.2, 0.25) is 5.91 Å². The molecule has 1 aromatic rings. The third-order valence-corrected chi connectivity index (χ3v) is 1.87. The Kier molecular flexibility index (Phi) is 3.07. The molecular weight excluding hydrogens is 162 g/mol. The summed E-state index contributed by atoms with van der Waals surface area (Å²) in [6.45, 7) is 5.78. The standard InChI is InChI=1S/C11H15NO.H2/c1-8(2)10-5-4-6-11(7-10)12-9(3)13;/h4-8H,1-3H3,(H,12,13);1H. The fourth-order valence-electron chi connectivity index (χ4n) is 1.18. The zero-order chi connectivity index (χ0) is 9.84. The fraction of sp³-hybridized carbons (Fsp3) is 0.364. The molecule has 0 aliphatic rings. The van der Waals surface area contributed by atoms with Gasteiger partial charge in [-0.25, -0.2) is 0 Å². The number of hydrogen-bond acceptors (Lipinski definition) is 1. The summed E-state index contributed by atoms with van der Waals surface area (Å²) in [5.41, 5.74) is 2.12. The van der Waals surface area contributed by atoms with E-state index in [0.29, 0.717) is 5.92 Å². The maximum Gasteiger partial charge on any atom is 0.221 e. The Morgan fingerprint density at radius 3 is 2.69 bits per heavy atom. The molecule has 0 atom stereocenters. The predicted molar refractivity (Wildman–Crippen MR) is 56.9 cm³/mol. The smallest absolute Gasteiger partial charge is 0.221 e. The summed E-state index contributed by atoms with van der Waals surface area (Å²) in [4.78, 5) is 10.8. The van der Waals surface area contributed by atoms with E-state index in [0.717, 1.165) is 5.69 Å². The van der Waals surface area contributed by atoms with Crippen LogP contribution in [0.2, 0.25) is 0 Å². The molecule has 0 aliphatic carbocycles. The molecule has 0 radical (unpaired) electrons. The lowest BCUT2D eigenvalue weighted by atomic mass is 10.0. The summed E-state index contributed by atoms with van der Waals surface area (Å²) < 4.78 is 0. The minimum atomic E-state index is -0.0269. The number of anilines is 1. The van der Waals surface area contributed by atoms with Gasteiger partial charge in [-0.05, 0) is 23.6 Å². The lowest BCUT2D eigenvalue weighted by molar-refractivity contribution is -0.114. The molecular formula is C11H17NO. The lowest BCUT2D eigenvalue weighted by Gasteiger charge is -2.07. The Morgan fingerprint density at radius 1 is 1.46 bits per heavy atom. The normalized spacial score (nSPS) is 10.2. The molecule has 0 aromatic heterocycles. The number of amides is 1. The van der Waals surface area contributed by atoms with E-state index in [1.54, 1.807) is 0 Å². The Morgan fingerprint density at radius 2 is 2.15 bits per heavy atom. The molecule has 0 saturated heterocycles. The summed E-state index contributed by atoms with van der Waals surface area (Å²) in [7, 11) is 0. The monoisotopic (exact) mass is 179 g/mol. The molecule has 1 aromatic carbocycles. The zero-order valence-corrected chi connectivity index (χ0v) is 8.29. The van der Waals surface area contributed by atoms with Crippen LogP contribution in [0.25, 0.3) is 0 Å². The van der Waals surface area contributed by atoms with Gasteiger partial charge in [-0.3, -0.25) is 4.79 Å². The highest BCUT2D eigenvalue weighted by Gasteiger charge is 2.00. The summed E-state index contributed by atoms with van der Waals surface area (Å²) in [6.07, 6.45) is 0. The van der Waals surface area contributed by atoms with Gasteiger partial charge in [0.25, 0.3) is 0 Å². The van der Waals surface area contributed by atoms with E-state index >= 15 is 0 Å². The van der Waals surface area contributed by atoms with Crippen LogP contribution in [0.5, 0.6) is 0 Å². The SMILES string of the molecule is CC(=O)Nc1cccc(C(C)C)c1.[HH]. The quantitative estimate of drug-likeness (QED) is 0.742. The maximum absolute atomic E-state index is 10.8. The van der Waals surface area contributed by atoms with E-state index in [4.69, 9.17) is 0 Å². The van der Waals surface area contributed by atoms with Crippen molar-refractivity contribution in [3.8, 4) is 0 Å². The topological polar surface area (TPSA) is 29.1 Å². The van der Waals surface area contributed by atoms with Crippen molar-refractivity contribution in [3.05, 3.63) is 29.8 Å². The Hall–Kier alpha value is -1.31. The predicted octanol–water partition coefficient (Wildman–Crippen LogP) is 3.01. The van der Waals surface area contributed by atoms with Crippen LogP contribution >= 0.6 is 0 Å². The highest BCUT2D eigenvalue weighted by atomic mass is 16.1. The first-order valence-corrected chi connectivity index (χ1v) is 4.47. The van der Waals surface area contributed by atoms with Crippen LogP contribution in [0.4, 0.5) is 5.69 Å². The second-order valence-corrected chi connectivity index (χ2v) is 3.46. The van der Waals surface area contributed by atoms with E-state index in [2.05, 4.69) is 25.2 Å². The van der Waals surface area contributed by atoms with Gasteiger partial charge in [0.15, 0.2) is 0 Å². The lowest BCUT2D eigenvalue weighted by Crippen LogP contribution is -2.05. The van der Waals surface area contributed by atoms with Gasteiger partial charge in [-0.15, -0.1) is 0 Å². The molecule has 0 unspecified atom stereocenters. The van der Waals surface area contributed by atoms with Crippen LogP contribution in [0, 0.1) is 0 Å². The molecule has 2 nitrogen and oxygen atoms in total. The minimum absolute atomic E-state index is 0. The second kappa shape index (κ2) is 4.08. The molecule has 0 bridgehead atoms. The van der Waals surface area contributed by atoms with E-state index in [1.165, 1.54) is 12.5 Å². The zero-order valence-electron chi connectivity index (χ0n) is 8.29. The van der Waals surface area contributed by atoms with Crippen molar-refractivity contribution in [2.75, 3.05) is 5.32 Å². The average Bonchev–Trinajstić information content (AvgIpc) is 2.03. The molecule has 1 amide bonds. The summed E-state index contributed by atoms with van der Waals surface area (Å²) in [5, 5.41) is 2.76. The van der Waals surface area contributed by atoms with Crippen LogP contribution in [0.3, 0.4) is 0 Å². The minimum Gasteiger partial charge on any atom is -0.326 e. The molecule has 0 saturated carbocycles. The fourth-order valence-corrected chi connectivity index (χ4v) is 1.18. The first-order chi connectivity index (χ1) is 6.09. The third-order valence-electron chi connectivity index (χ3n) is 1.87. The van der Waals surface area contributed by atoms with E-state index in [-0.39, 0.29) is 7.33 Å². The Balaban J connectivity index is 0.00000169. The second-order valence-electron chi connectivity index (χ2n) is 3.46. The van der Waals surface area contributed by atoms with E-state index < -0.39 is 0 Å². The Labute approximate surface area is 80.5 Å². The third kappa shape index (κ3) is 2.90. The molecule has 1 N–H and O–H groups in total. The summed E-state index contributed by atoms with van der Waals surface area (Å²) in [5.74, 6) is 0.467. The highest BCUT2D eigenvalue weighted by Crippen LogP contribution is 2.18. The number of hydrogen-bond donors (Lipinski definition) is 1. The summed E-state index contributed by atoms with van der Waals surface area (Å²) in [6, 6.07) is 7.93. The van der Waals surface area contributed by atoms with Crippen molar-refractivity contribution in [2.24, 2.45) is 0 Å². The van der Waals surface area contributed by atoms with Gasteiger partial charge in [-0.1, -0.05) is 26.0 Å². The van der Waals surface area contributed by atoms with E-state index in [1.807, 2.05) is 18.2 Å². The van der Waals surface area contributed by atoms with Crippen LogP contribution in [0.15, 0.2) is 24.3 Å². The molecule has 0 heterocycles. The van der Waals surface area contributed by atoms with Gasteiger partial charge in [-0.2, -0.15) is 0 Å².